The van der Waals surface area contributed by atoms with E-state index in [1.807, 2.05) is 72.8 Å². The summed E-state index contributed by atoms with van der Waals surface area (Å²) in [5, 5.41) is 4.62. The van der Waals surface area contributed by atoms with Gasteiger partial charge in [-0.25, -0.2) is 4.98 Å². The Morgan fingerprint density at radius 3 is 1.79 bits per heavy atom. The molecule has 0 fully saturated rings. The van der Waals surface area contributed by atoms with Gasteiger partial charge in [-0.1, -0.05) is 129 Å². The maximum Gasteiger partial charge on any atom is 0.238 e. The predicted octanol–water partition coefficient (Wildman–Crippen LogP) is 12.2. The molecule has 5 nitrogen and oxygen atoms in total. The van der Waals surface area contributed by atoms with Crippen LogP contribution >= 0.6 is 0 Å². The van der Waals surface area contributed by atoms with Crippen LogP contribution in [0.2, 0.25) is 0 Å². The molecule has 250 valence electrons. The summed E-state index contributed by atoms with van der Waals surface area (Å²) in [6, 6.07) is 55.4. The predicted molar refractivity (Wildman–Crippen MR) is 215 cm³/mol. The highest BCUT2D eigenvalue weighted by Gasteiger charge is 2.36. The highest BCUT2D eigenvalue weighted by Crippen LogP contribution is 2.52. The third-order valence-corrected chi connectivity index (χ3v) is 11.1. The molecular weight excluding hydrogens is 649 g/mol. The van der Waals surface area contributed by atoms with E-state index in [1.165, 1.54) is 38.8 Å². The monoisotopic (exact) mass is 680 g/mol. The molecule has 10 aromatic rings. The van der Waals surface area contributed by atoms with Crippen molar-refractivity contribution in [3.63, 3.8) is 0 Å². The number of hydrogen-bond acceptors (Lipinski definition) is 4. The molecule has 0 saturated carbocycles. The Morgan fingerprint density at radius 2 is 1.04 bits per heavy atom. The SMILES string of the molecule is CC1(C)c2cc(-c3ccc4c(c3)c3ccccc3n4-c3nc(-c4ccccc4)nc(-c4ccccc4)n3)ccc2-c2cc3c(cc21)oc1ccccc13. The zero-order valence-corrected chi connectivity index (χ0v) is 29.2. The second-order valence-electron chi connectivity index (χ2n) is 14.5. The van der Waals surface area contributed by atoms with Crippen LogP contribution in [0.15, 0.2) is 162 Å². The van der Waals surface area contributed by atoms with Gasteiger partial charge in [-0.05, 0) is 75.8 Å². The van der Waals surface area contributed by atoms with Crippen LogP contribution in [0.25, 0.3) is 94.7 Å². The number of rotatable bonds is 4. The van der Waals surface area contributed by atoms with E-state index in [0.29, 0.717) is 17.6 Å². The lowest BCUT2D eigenvalue weighted by Gasteiger charge is -2.22. The number of para-hydroxylation sites is 2. The Morgan fingerprint density at radius 1 is 0.434 bits per heavy atom. The van der Waals surface area contributed by atoms with Gasteiger partial charge in [0.15, 0.2) is 11.6 Å². The van der Waals surface area contributed by atoms with Crippen molar-refractivity contribution in [3.05, 3.63) is 169 Å². The minimum absolute atomic E-state index is 0.181. The van der Waals surface area contributed by atoms with Crippen LogP contribution in [0.5, 0.6) is 0 Å². The van der Waals surface area contributed by atoms with E-state index in [1.54, 1.807) is 0 Å². The minimum Gasteiger partial charge on any atom is -0.456 e. The molecule has 1 aliphatic carbocycles. The summed E-state index contributed by atoms with van der Waals surface area (Å²) in [6.07, 6.45) is 0. The third-order valence-electron chi connectivity index (χ3n) is 11.1. The topological polar surface area (TPSA) is 56.7 Å². The largest absolute Gasteiger partial charge is 0.456 e. The average Bonchev–Trinajstić information content (AvgIpc) is 3.82. The third kappa shape index (κ3) is 4.47. The first-order valence-electron chi connectivity index (χ1n) is 18.0. The van der Waals surface area contributed by atoms with Crippen molar-refractivity contribution >= 4 is 43.7 Å². The number of hydrogen-bond donors (Lipinski definition) is 0. The quantitative estimate of drug-likeness (QED) is 0.186. The van der Waals surface area contributed by atoms with Gasteiger partial charge in [0.1, 0.15) is 11.2 Å². The first-order chi connectivity index (χ1) is 26.0. The van der Waals surface area contributed by atoms with E-state index in [-0.39, 0.29) is 5.41 Å². The van der Waals surface area contributed by atoms with E-state index < -0.39 is 0 Å². The van der Waals surface area contributed by atoms with Gasteiger partial charge in [0, 0.05) is 38.1 Å². The smallest absolute Gasteiger partial charge is 0.238 e. The van der Waals surface area contributed by atoms with Crippen LogP contribution in [0, 0.1) is 0 Å². The normalized spacial score (nSPS) is 13.2. The van der Waals surface area contributed by atoms with Gasteiger partial charge in [0.05, 0.1) is 11.0 Å². The van der Waals surface area contributed by atoms with E-state index in [0.717, 1.165) is 49.5 Å². The number of fused-ring (bicyclic) bond motifs is 9. The van der Waals surface area contributed by atoms with Gasteiger partial charge in [-0.3, -0.25) is 4.57 Å². The molecule has 0 bridgehead atoms. The fraction of sp³-hybridized carbons (Fsp3) is 0.0625. The number of benzene rings is 7. The highest BCUT2D eigenvalue weighted by atomic mass is 16.3. The zero-order chi connectivity index (χ0) is 35.3. The fourth-order valence-corrected chi connectivity index (χ4v) is 8.40. The lowest BCUT2D eigenvalue weighted by molar-refractivity contribution is 0.647. The summed E-state index contributed by atoms with van der Waals surface area (Å²) in [6.45, 7) is 4.66. The molecular formula is C48H32N4O. The van der Waals surface area contributed by atoms with Crippen molar-refractivity contribution in [3.8, 4) is 51.0 Å². The van der Waals surface area contributed by atoms with Crippen LogP contribution < -0.4 is 0 Å². The van der Waals surface area contributed by atoms with E-state index >= 15 is 0 Å². The first kappa shape index (κ1) is 29.8. The summed E-state index contributed by atoms with van der Waals surface area (Å²) in [5.74, 6) is 1.87. The molecule has 0 spiro atoms. The number of nitrogens with zero attached hydrogens (tertiary/aromatic N) is 4. The van der Waals surface area contributed by atoms with Crippen LogP contribution in [0.1, 0.15) is 25.0 Å². The molecule has 0 N–H and O–H groups in total. The lowest BCUT2D eigenvalue weighted by Crippen LogP contribution is -2.15. The maximum atomic E-state index is 6.32. The minimum atomic E-state index is -0.181. The standard InChI is InChI=1S/C48H32N4O/c1-48(2)39-26-32(21-23-33(39)36-27-38-35-18-10-12-20-43(35)53-44(38)28-40(36)48)31-22-24-42-37(25-31)34-17-9-11-19-41(34)52(42)47-50-45(29-13-5-3-6-14-29)49-46(51-47)30-15-7-4-8-16-30/h3-28H,1-2H3. The summed E-state index contributed by atoms with van der Waals surface area (Å²) in [5.41, 5.74) is 13.2. The molecule has 7 aromatic carbocycles. The lowest BCUT2D eigenvalue weighted by atomic mass is 9.81. The van der Waals surface area contributed by atoms with E-state index in [2.05, 4.69) is 103 Å². The Kier molecular flexibility index (Phi) is 6.23. The fourth-order valence-electron chi connectivity index (χ4n) is 8.40. The zero-order valence-electron chi connectivity index (χ0n) is 29.2. The molecule has 0 atom stereocenters. The maximum absolute atomic E-state index is 6.32. The summed E-state index contributed by atoms with van der Waals surface area (Å²) in [7, 11) is 0. The molecule has 0 amide bonds. The van der Waals surface area contributed by atoms with Crippen LogP contribution in [-0.2, 0) is 5.41 Å². The molecule has 0 saturated heterocycles. The summed E-state index contributed by atoms with van der Waals surface area (Å²) < 4.78 is 8.49. The summed E-state index contributed by atoms with van der Waals surface area (Å²) in [4.78, 5) is 15.1. The molecule has 0 radical (unpaired) electrons. The number of furan rings is 1. The van der Waals surface area contributed by atoms with Gasteiger partial charge >= 0.3 is 0 Å². The Bertz CT molecular complexity index is 3020. The Balaban J connectivity index is 1.07. The molecule has 53 heavy (non-hydrogen) atoms. The van der Waals surface area contributed by atoms with Gasteiger partial charge in [-0.15, -0.1) is 0 Å². The second kappa shape index (κ2) is 11.1. The van der Waals surface area contributed by atoms with Crippen LogP contribution in [0.3, 0.4) is 0 Å². The average molecular weight is 681 g/mol. The second-order valence-corrected chi connectivity index (χ2v) is 14.5. The van der Waals surface area contributed by atoms with Gasteiger partial charge < -0.3 is 4.42 Å². The van der Waals surface area contributed by atoms with Gasteiger partial charge in [-0.2, -0.15) is 9.97 Å². The Labute approximate surface area is 305 Å². The summed E-state index contributed by atoms with van der Waals surface area (Å²) >= 11 is 0. The molecule has 0 unspecified atom stereocenters. The molecule has 11 rings (SSSR count). The molecule has 1 aliphatic rings. The first-order valence-corrected chi connectivity index (χ1v) is 18.0. The van der Waals surface area contributed by atoms with Crippen molar-refractivity contribution in [2.24, 2.45) is 0 Å². The number of aromatic nitrogens is 4. The van der Waals surface area contributed by atoms with Gasteiger partial charge in [0.25, 0.3) is 0 Å². The molecule has 3 aromatic heterocycles. The van der Waals surface area contributed by atoms with Crippen molar-refractivity contribution in [1.29, 1.82) is 0 Å². The van der Waals surface area contributed by atoms with E-state index in [4.69, 9.17) is 19.4 Å². The van der Waals surface area contributed by atoms with Crippen molar-refractivity contribution in [2.45, 2.75) is 19.3 Å². The van der Waals surface area contributed by atoms with Crippen molar-refractivity contribution < 1.29 is 4.42 Å². The van der Waals surface area contributed by atoms with E-state index in [9.17, 15) is 0 Å². The highest BCUT2D eigenvalue weighted by molar-refractivity contribution is 6.11. The van der Waals surface area contributed by atoms with Crippen LogP contribution in [0.4, 0.5) is 0 Å². The van der Waals surface area contributed by atoms with Crippen LogP contribution in [-0.4, -0.2) is 19.5 Å². The van der Waals surface area contributed by atoms with Gasteiger partial charge in [0.2, 0.25) is 5.95 Å². The molecule has 5 heteroatoms. The Hall–Kier alpha value is -6.85. The molecule has 0 aliphatic heterocycles. The molecule has 3 heterocycles. The van der Waals surface area contributed by atoms with Crippen molar-refractivity contribution in [2.75, 3.05) is 0 Å². The van der Waals surface area contributed by atoms with Crippen molar-refractivity contribution in [1.82, 2.24) is 19.5 Å².